The number of sulfonamides is 1. The number of rotatable bonds is 4. The van der Waals surface area contributed by atoms with E-state index in [1.165, 1.54) is 4.31 Å². The highest BCUT2D eigenvalue weighted by Gasteiger charge is 2.27. The number of nitrogens with zero attached hydrogens (tertiary/aromatic N) is 1. The summed E-state index contributed by atoms with van der Waals surface area (Å²) in [5, 5.41) is 0. The highest BCUT2D eigenvalue weighted by atomic mass is 32.2. The number of ether oxygens (including phenoxy) is 1. The third-order valence-electron chi connectivity index (χ3n) is 2.80. The number of hydrogen-bond donors (Lipinski definition) is 0. The summed E-state index contributed by atoms with van der Waals surface area (Å²) < 4.78 is 30.1. The van der Waals surface area contributed by atoms with Gasteiger partial charge in [0.05, 0.1) is 5.75 Å². The number of benzene rings is 1. The van der Waals surface area contributed by atoms with Crippen LogP contribution < -0.4 is 4.74 Å². The lowest BCUT2D eigenvalue weighted by atomic mass is 10.2. The van der Waals surface area contributed by atoms with Crippen LogP contribution in [0.3, 0.4) is 0 Å². The Labute approximate surface area is 102 Å². The number of hydrogen-bond acceptors (Lipinski definition) is 3. The normalized spacial score (nSPS) is 19.4. The molecule has 0 saturated carbocycles. The summed E-state index contributed by atoms with van der Waals surface area (Å²) in [4.78, 5) is 0. The van der Waals surface area contributed by atoms with Gasteiger partial charge in [-0.25, -0.2) is 8.42 Å². The monoisotopic (exact) mass is 255 g/mol. The van der Waals surface area contributed by atoms with E-state index in [2.05, 4.69) is 0 Å². The van der Waals surface area contributed by atoms with Crippen molar-refractivity contribution in [1.29, 1.82) is 0 Å². The molecule has 4 nitrogen and oxygen atoms in total. The van der Waals surface area contributed by atoms with Crippen LogP contribution in [0.4, 0.5) is 0 Å². The molecule has 17 heavy (non-hydrogen) atoms. The summed E-state index contributed by atoms with van der Waals surface area (Å²) in [6.45, 7) is 3.47. The van der Waals surface area contributed by atoms with Crippen LogP contribution in [0.5, 0.6) is 5.75 Å². The molecule has 0 aromatic heterocycles. The predicted octanol–water partition coefficient (Wildman–Crippen LogP) is 1.41. The SMILES string of the molecule is Cc1cccc(OCCN2CCCS2(=O)=O)c1. The molecule has 0 aliphatic carbocycles. The van der Waals surface area contributed by atoms with Crippen LogP contribution in [0.2, 0.25) is 0 Å². The van der Waals surface area contributed by atoms with E-state index in [-0.39, 0.29) is 5.75 Å². The van der Waals surface area contributed by atoms with Crippen molar-refractivity contribution >= 4 is 10.0 Å². The maximum atomic E-state index is 11.5. The molecule has 0 spiro atoms. The molecular weight excluding hydrogens is 238 g/mol. The molecule has 0 amide bonds. The quantitative estimate of drug-likeness (QED) is 0.817. The van der Waals surface area contributed by atoms with Crippen molar-refractivity contribution in [1.82, 2.24) is 4.31 Å². The fourth-order valence-electron chi connectivity index (χ4n) is 1.91. The predicted molar refractivity (Wildman–Crippen MR) is 66.7 cm³/mol. The molecule has 5 heteroatoms. The average Bonchev–Trinajstić information content (AvgIpc) is 2.58. The van der Waals surface area contributed by atoms with Gasteiger partial charge in [-0.05, 0) is 31.0 Å². The largest absolute Gasteiger partial charge is 0.492 e. The van der Waals surface area contributed by atoms with E-state index < -0.39 is 10.0 Å². The van der Waals surface area contributed by atoms with Crippen molar-refractivity contribution in [2.24, 2.45) is 0 Å². The van der Waals surface area contributed by atoms with Gasteiger partial charge >= 0.3 is 0 Å². The van der Waals surface area contributed by atoms with Gasteiger partial charge in [0.15, 0.2) is 0 Å². The lowest BCUT2D eigenvalue weighted by molar-refractivity contribution is 0.279. The fourth-order valence-corrected chi connectivity index (χ4v) is 3.42. The molecular formula is C12H17NO3S. The summed E-state index contributed by atoms with van der Waals surface area (Å²) in [5.74, 6) is 1.07. The molecule has 1 heterocycles. The topological polar surface area (TPSA) is 46.6 Å². The van der Waals surface area contributed by atoms with Gasteiger partial charge in [-0.15, -0.1) is 0 Å². The van der Waals surface area contributed by atoms with Crippen molar-refractivity contribution in [3.63, 3.8) is 0 Å². The Bertz CT molecular complexity index is 484. The molecule has 0 radical (unpaired) electrons. The first-order valence-corrected chi connectivity index (χ1v) is 7.36. The summed E-state index contributed by atoms with van der Waals surface area (Å²) >= 11 is 0. The molecule has 1 saturated heterocycles. The standard InChI is InChI=1S/C12H17NO3S/c1-11-4-2-5-12(10-11)16-8-7-13-6-3-9-17(13,14)15/h2,4-5,10H,3,6-9H2,1H3. The second kappa shape index (κ2) is 5.06. The van der Waals surface area contributed by atoms with Gasteiger partial charge < -0.3 is 4.74 Å². The van der Waals surface area contributed by atoms with Crippen LogP contribution in [0.1, 0.15) is 12.0 Å². The minimum Gasteiger partial charge on any atom is -0.492 e. The highest BCUT2D eigenvalue weighted by Crippen LogP contribution is 2.15. The zero-order valence-electron chi connectivity index (χ0n) is 9.93. The third-order valence-corrected chi connectivity index (χ3v) is 4.76. The minimum atomic E-state index is -3.00. The minimum absolute atomic E-state index is 0.275. The Morgan fingerprint density at radius 3 is 2.88 bits per heavy atom. The first-order valence-electron chi connectivity index (χ1n) is 5.75. The van der Waals surface area contributed by atoms with E-state index in [4.69, 9.17) is 4.74 Å². The summed E-state index contributed by atoms with van der Waals surface area (Å²) in [5.41, 5.74) is 1.14. The molecule has 1 aromatic rings. The van der Waals surface area contributed by atoms with E-state index in [0.717, 1.165) is 17.7 Å². The summed E-state index contributed by atoms with van der Waals surface area (Å²) in [6.07, 6.45) is 0.729. The van der Waals surface area contributed by atoms with Crippen LogP contribution >= 0.6 is 0 Å². The van der Waals surface area contributed by atoms with Gasteiger partial charge in [0.2, 0.25) is 10.0 Å². The molecule has 1 aromatic carbocycles. The molecule has 0 unspecified atom stereocenters. The second-order valence-corrected chi connectivity index (χ2v) is 6.32. The molecule has 2 rings (SSSR count). The van der Waals surface area contributed by atoms with Gasteiger partial charge in [0.25, 0.3) is 0 Å². The van der Waals surface area contributed by atoms with E-state index in [1.807, 2.05) is 31.2 Å². The van der Waals surface area contributed by atoms with Gasteiger partial charge in [0, 0.05) is 13.1 Å². The Balaban J connectivity index is 1.84. The van der Waals surface area contributed by atoms with Gasteiger partial charge in [-0.1, -0.05) is 12.1 Å². The van der Waals surface area contributed by atoms with E-state index in [0.29, 0.717) is 19.7 Å². The van der Waals surface area contributed by atoms with Gasteiger partial charge in [-0.2, -0.15) is 4.31 Å². The van der Waals surface area contributed by atoms with Crippen molar-refractivity contribution in [2.45, 2.75) is 13.3 Å². The Hall–Kier alpha value is -1.07. The van der Waals surface area contributed by atoms with Crippen molar-refractivity contribution in [2.75, 3.05) is 25.4 Å². The van der Waals surface area contributed by atoms with Gasteiger partial charge in [-0.3, -0.25) is 0 Å². The molecule has 1 fully saturated rings. The van der Waals surface area contributed by atoms with E-state index in [9.17, 15) is 8.42 Å². The van der Waals surface area contributed by atoms with E-state index >= 15 is 0 Å². The van der Waals surface area contributed by atoms with Crippen LogP contribution in [-0.4, -0.2) is 38.2 Å². The van der Waals surface area contributed by atoms with Crippen LogP contribution in [0.15, 0.2) is 24.3 Å². The third kappa shape index (κ3) is 3.20. The molecule has 0 atom stereocenters. The summed E-state index contributed by atoms with van der Waals surface area (Å²) in [7, 11) is -3.00. The molecule has 94 valence electrons. The maximum absolute atomic E-state index is 11.5. The zero-order chi connectivity index (χ0) is 12.3. The molecule has 0 N–H and O–H groups in total. The molecule has 1 aliphatic rings. The van der Waals surface area contributed by atoms with Crippen LogP contribution in [-0.2, 0) is 10.0 Å². The number of aryl methyl sites for hydroxylation is 1. The van der Waals surface area contributed by atoms with E-state index in [1.54, 1.807) is 0 Å². The summed E-state index contributed by atoms with van der Waals surface area (Å²) in [6, 6.07) is 7.75. The lowest BCUT2D eigenvalue weighted by Gasteiger charge is -2.14. The Kier molecular flexibility index (Phi) is 3.69. The molecule has 1 aliphatic heterocycles. The van der Waals surface area contributed by atoms with Crippen molar-refractivity contribution in [3.8, 4) is 5.75 Å². The Morgan fingerprint density at radius 1 is 1.41 bits per heavy atom. The Morgan fingerprint density at radius 2 is 2.24 bits per heavy atom. The second-order valence-electron chi connectivity index (χ2n) is 4.23. The zero-order valence-corrected chi connectivity index (χ0v) is 10.7. The highest BCUT2D eigenvalue weighted by molar-refractivity contribution is 7.89. The first kappa shape index (κ1) is 12.4. The van der Waals surface area contributed by atoms with Gasteiger partial charge in [0.1, 0.15) is 12.4 Å². The first-order chi connectivity index (χ1) is 8.08. The average molecular weight is 255 g/mol. The smallest absolute Gasteiger partial charge is 0.214 e. The lowest BCUT2D eigenvalue weighted by Crippen LogP contribution is -2.30. The van der Waals surface area contributed by atoms with Crippen LogP contribution in [0, 0.1) is 6.92 Å². The van der Waals surface area contributed by atoms with Crippen LogP contribution in [0.25, 0.3) is 0 Å². The van der Waals surface area contributed by atoms with Crippen molar-refractivity contribution < 1.29 is 13.2 Å². The van der Waals surface area contributed by atoms with Crippen molar-refractivity contribution in [3.05, 3.63) is 29.8 Å². The fraction of sp³-hybridized carbons (Fsp3) is 0.500. The maximum Gasteiger partial charge on any atom is 0.214 e. The molecule has 0 bridgehead atoms.